The minimum atomic E-state index is 0. The van der Waals surface area contributed by atoms with Gasteiger partial charge in [0, 0.05) is 11.3 Å². The van der Waals surface area contributed by atoms with Gasteiger partial charge in [-0.05, 0) is 19.2 Å². The van der Waals surface area contributed by atoms with Gasteiger partial charge in [0.15, 0.2) is 6.29 Å². The molecule has 0 bridgehead atoms. The second-order valence-electron chi connectivity index (χ2n) is 2.17. The van der Waals surface area contributed by atoms with Crippen molar-refractivity contribution in [1.82, 2.24) is 0 Å². The Morgan fingerprint density at radius 3 is 2.42 bits per heavy atom. The molecule has 58 valence electrons. The molecular weight excluding hydrogens is 181 g/mol. The molecule has 0 saturated carbocycles. The van der Waals surface area contributed by atoms with Gasteiger partial charge in [0.2, 0.25) is 0 Å². The molecule has 0 aromatic heterocycles. The molecular formula is C8H8KNO2. The summed E-state index contributed by atoms with van der Waals surface area (Å²) in [6.45, 7) is 0. The van der Waals surface area contributed by atoms with Crippen LogP contribution in [0.25, 0.3) is 0 Å². The SMILES string of the molecule is CN([O-])c1ccccc1C=O.[K+]. The van der Waals surface area contributed by atoms with E-state index in [1.165, 1.54) is 7.05 Å². The van der Waals surface area contributed by atoms with Crippen molar-refractivity contribution in [3.8, 4) is 0 Å². The van der Waals surface area contributed by atoms with Crippen LogP contribution in [0.15, 0.2) is 24.3 Å². The van der Waals surface area contributed by atoms with Crippen LogP contribution in [0.5, 0.6) is 0 Å². The molecule has 0 fully saturated rings. The van der Waals surface area contributed by atoms with E-state index in [4.69, 9.17) is 0 Å². The molecule has 0 heterocycles. The fourth-order valence-corrected chi connectivity index (χ4v) is 0.874. The number of hydroxylamine groups is 1. The molecule has 0 N–H and O–H groups in total. The Hall–Kier alpha value is 0.286. The van der Waals surface area contributed by atoms with Crippen LogP contribution in [0.2, 0.25) is 0 Å². The zero-order valence-corrected chi connectivity index (χ0v) is 10.3. The van der Waals surface area contributed by atoms with E-state index in [2.05, 4.69) is 0 Å². The van der Waals surface area contributed by atoms with Crippen molar-refractivity contribution in [2.75, 3.05) is 12.1 Å². The first kappa shape index (κ1) is 12.3. The maximum atomic E-state index is 10.8. The van der Waals surface area contributed by atoms with Crippen LogP contribution in [0.1, 0.15) is 10.4 Å². The van der Waals surface area contributed by atoms with E-state index >= 15 is 0 Å². The summed E-state index contributed by atoms with van der Waals surface area (Å²) in [7, 11) is 1.36. The van der Waals surface area contributed by atoms with Crippen molar-refractivity contribution in [3.63, 3.8) is 0 Å². The molecule has 0 saturated heterocycles. The van der Waals surface area contributed by atoms with Gasteiger partial charge in [-0.15, -0.1) is 0 Å². The predicted molar refractivity (Wildman–Crippen MR) is 43.6 cm³/mol. The van der Waals surface area contributed by atoms with Gasteiger partial charge in [-0.3, -0.25) is 4.79 Å². The minimum absolute atomic E-state index is 0. The van der Waals surface area contributed by atoms with E-state index in [0.29, 0.717) is 22.6 Å². The number of anilines is 1. The van der Waals surface area contributed by atoms with E-state index < -0.39 is 0 Å². The molecule has 1 aromatic carbocycles. The number of carbonyl (C=O) groups excluding carboxylic acids is 1. The standard InChI is InChI=1S/C8H8NO2.K/c1-9(11)8-5-3-2-4-7(8)6-10;/h2-6H,1H3;/q-1;+1. The smallest absolute Gasteiger partial charge is 0.758 e. The average molecular weight is 189 g/mol. The van der Waals surface area contributed by atoms with E-state index in [9.17, 15) is 10.0 Å². The van der Waals surface area contributed by atoms with E-state index in [-0.39, 0.29) is 51.4 Å². The first-order valence-electron chi connectivity index (χ1n) is 3.21. The zero-order chi connectivity index (χ0) is 8.27. The Labute approximate surface area is 114 Å². The van der Waals surface area contributed by atoms with E-state index in [1.807, 2.05) is 0 Å². The molecule has 0 aliphatic rings. The van der Waals surface area contributed by atoms with Gasteiger partial charge in [0.05, 0.1) is 0 Å². The first-order valence-corrected chi connectivity index (χ1v) is 3.21. The predicted octanol–water partition coefficient (Wildman–Crippen LogP) is -1.56. The van der Waals surface area contributed by atoms with Crippen molar-refractivity contribution in [3.05, 3.63) is 35.0 Å². The fraction of sp³-hybridized carbons (Fsp3) is 0.125. The minimum Gasteiger partial charge on any atom is -0.758 e. The van der Waals surface area contributed by atoms with Crippen molar-refractivity contribution >= 4 is 12.0 Å². The molecule has 0 spiro atoms. The Morgan fingerprint density at radius 2 is 2.00 bits per heavy atom. The largest absolute Gasteiger partial charge is 1.00 e. The van der Waals surface area contributed by atoms with Crippen molar-refractivity contribution < 1.29 is 56.2 Å². The first-order chi connectivity index (χ1) is 5.25. The summed E-state index contributed by atoms with van der Waals surface area (Å²) in [5, 5.41) is 11.5. The Morgan fingerprint density at radius 1 is 1.42 bits per heavy atom. The number of rotatable bonds is 2. The number of aldehydes is 1. The zero-order valence-electron chi connectivity index (χ0n) is 7.15. The summed E-state index contributed by atoms with van der Waals surface area (Å²) >= 11 is 0. The normalized spacial score (nSPS) is 8.50. The van der Waals surface area contributed by atoms with E-state index in [0.717, 1.165) is 0 Å². The molecule has 4 heteroatoms. The quantitative estimate of drug-likeness (QED) is 0.321. The van der Waals surface area contributed by atoms with Crippen LogP contribution in [-0.2, 0) is 0 Å². The number of benzene rings is 1. The third-order valence-corrected chi connectivity index (χ3v) is 1.40. The summed E-state index contributed by atoms with van der Waals surface area (Å²) in [6, 6.07) is 6.65. The van der Waals surface area contributed by atoms with Gasteiger partial charge < -0.3 is 10.3 Å². The Balaban J connectivity index is 0.00000121. The maximum Gasteiger partial charge on any atom is 1.00 e. The monoisotopic (exact) mass is 189 g/mol. The second-order valence-corrected chi connectivity index (χ2v) is 2.17. The van der Waals surface area contributed by atoms with Gasteiger partial charge in [-0.25, -0.2) is 0 Å². The molecule has 0 aliphatic heterocycles. The molecule has 0 amide bonds. The molecule has 0 radical (unpaired) electrons. The summed E-state index contributed by atoms with van der Waals surface area (Å²) in [6.07, 6.45) is 0.670. The average Bonchev–Trinajstić information content (AvgIpc) is 2.04. The summed E-state index contributed by atoms with van der Waals surface area (Å²) in [4.78, 5) is 10.4. The third-order valence-electron chi connectivity index (χ3n) is 1.40. The van der Waals surface area contributed by atoms with Crippen LogP contribution in [-0.4, -0.2) is 13.3 Å². The summed E-state index contributed by atoms with van der Waals surface area (Å²) in [5.74, 6) is 0. The summed E-state index contributed by atoms with van der Waals surface area (Å²) in [5.41, 5.74) is 0.826. The molecule has 1 rings (SSSR count). The van der Waals surface area contributed by atoms with Crippen LogP contribution in [0.3, 0.4) is 0 Å². The van der Waals surface area contributed by atoms with Gasteiger partial charge >= 0.3 is 51.4 Å². The Bertz CT molecular complexity index is 263. The van der Waals surface area contributed by atoms with Crippen LogP contribution in [0.4, 0.5) is 5.69 Å². The topological polar surface area (TPSA) is 43.4 Å². The maximum absolute atomic E-state index is 10.8. The van der Waals surface area contributed by atoms with Crippen LogP contribution in [0, 0.1) is 5.21 Å². The van der Waals surface area contributed by atoms with Crippen molar-refractivity contribution in [1.29, 1.82) is 0 Å². The molecule has 0 unspecified atom stereocenters. The molecule has 3 nitrogen and oxygen atoms in total. The van der Waals surface area contributed by atoms with Crippen molar-refractivity contribution in [2.24, 2.45) is 0 Å². The number of nitrogens with zero attached hydrogens (tertiary/aromatic N) is 1. The summed E-state index contributed by atoms with van der Waals surface area (Å²) < 4.78 is 0. The molecule has 0 aliphatic carbocycles. The van der Waals surface area contributed by atoms with Gasteiger partial charge in [0.1, 0.15) is 0 Å². The van der Waals surface area contributed by atoms with Gasteiger partial charge in [-0.2, -0.15) is 0 Å². The number of para-hydroxylation sites is 1. The third kappa shape index (κ3) is 2.97. The molecule has 12 heavy (non-hydrogen) atoms. The van der Waals surface area contributed by atoms with Crippen LogP contribution >= 0.6 is 0 Å². The van der Waals surface area contributed by atoms with Gasteiger partial charge in [0.25, 0.3) is 0 Å². The number of hydrogen-bond donors (Lipinski definition) is 0. The van der Waals surface area contributed by atoms with Gasteiger partial charge in [-0.1, -0.05) is 12.1 Å². The Kier molecular flexibility index (Phi) is 5.99. The molecule has 1 aromatic rings. The second kappa shape index (κ2) is 5.85. The van der Waals surface area contributed by atoms with E-state index in [1.54, 1.807) is 24.3 Å². The molecule has 0 atom stereocenters. The van der Waals surface area contributed by atoms with Crippen molar-refractivity contribution in [2.45, 2.75) is 0 Å². The number of carbonyl (C=O) groups is 1. The van der Waals surface area contributed by atoms with Crippen LogP contribution < -0.4 is 56.4 Å². The fourth-order valence-electron chi connectivity index (χ4n) is 0.874. The number of hydrogen-bond acceptors (Lipinski definition) is 3.